The smallest absolute Gasteiger partial charge is 0.310 e. The maximum atomic E-state index is 11.2. The molecule has 206 valence electrons. The molecule has 0 aliphatic carbocycles. The number of benzene rings is 6. The Bertz CT molecular complexity index is 1890. The fraction of sp³-hybridized carbons (Fsp3) is 0. The highest BCUT2D eigenvalue weighted by Crippen LogP contribution is 2.48. The number of phenols is 2. The summed E-state index contributed by atoms with van der Waals surface area (Å²) < 4.78 is 12.5. The van der Waals surface area contributed by atoms with Gasteiger partial charge in [-0.05, 0) is 45.8 Å². The van der Waals surface area contributed by atoms with Crippen molar-refractivity contribution in [2.45, 2.75) is 0 Å². The predicted octanol–water partition coefficient (Wildman–Crippen LogP) is 8.47. The molecule has 0 amide bonds. The molecule has 0 aliphatic heterocycles. The van der Waals surface area contributed by atoms with Crippen molar-refractivity contribution >= 4 is 32.9 Å². The molecule has 0 aliphatic rings. The van der Waals surface area contributed by atoms with Gasteiger partial charge in [-0.15, -0.1) is 0 Å². The van der Waals surface area contributed by atoms with Crippen LogP contribution in [0, 0.1) is 20.2 Å². The number of aromatic hydroxyl groups is 2. The molecule has 42 heavy (non-hydrogen) atoms. The SMILES string of the molecule is O=[N+]([O-])c1ccc(Oc2ccc3ccccc3c2-c2c(Oc3ccc([N+](=O)[O-])c(O)c3)ccc3ccccc23)cc1O. The number of ether oxygens (including phenoxy) is 2. The second-order valence-corrected chi connectivity index (χ2v) is 9.34. The molecule has 0 radical (unpaired) electrons. The van der Waals surface area contributed by atoms with Gasteiger partial charge in [0.1, 0.15) is 23.0 Å². The maximum Gasteiger partial charge on any atom is 0.310 e. The fourth-order valence-electron chi connectivity index (χ4n) is 4.89. The van der Waals surface area contributed by atoms with Gasteiger partial charge in [-0.2, -0.15) is 0 Å². The lowest BCUT2D eigenvalue weighted by molar-refractivity contribution is -0.386. The van der Waals surface area contributed by atoms with E-state index < -0.39 is 32.7 Å². The Morgan fingerprint density at radius 2 is 0.929 bits per heavy atom. The van der Waals surface area contributed by atoms with E-state index in [2.05, 4.69) is 0 Å². The molecule has 0 saturated carbocycles. The number of hydrogen-bond acceptors (Lipinski definition) is 8. The van der Waals surface area contributed by atoms with E-state index >= 15 is 0 Å². The van der Waals surface area contributed by atoms with Crippen LogP contribution >= 0.6 is 0 Å². The second kappa shape index (κ2) is 10.4. The average Bonchev–Trinajstić information content (AvgIpc) is 2.97. The molecule has 0 atom stereocenters. The summed E-state index contributed by atoms with van der Waals surface area (Å²) >= 11 is 0. The van der Waals surface area contributed by atoms with E-state index in [-0.39, 0.29) is 11.5 Å². The largest absolute Gasteiger partial charge is 0.502 e. The van der Waals surface area contributed by atoms with Crippen LogP contribution in [0.15, 0.2) is 109 Å². The number of nitrogens with zero attached hydrogens (tertiary/aromatic N) is 2. The Morgan fingerprint density at radius 1 is 0.524 bits per heavy atom. The summed E-state index contributed by atoms with van der Waals surface area (Å²) in [6.45, 7) is 0. The number of phenolic OH excluding ortho intramolecular Hbond substituents is 2. The molecule has 0 heterocycles. The van der Waals surface area contributed by atoms with Crippen molar-refractivity contribution in [3.63, 3.8) is 0 Å². The fourth-order valence-corrected chi connectivity index (χ4v) is 4.89. The first kappa shape index (κ1) is 26.1. The number of nitro groups is 2. The molecule has 0 unspecified atom stereocenters. The quantitative estimate of drug-likeness (QED) is 0.146. The van der Waals surface area contributed by atoms with Crippen LogP contribution in [0.4, 0.5) is 11.4 Å². The molecule has 6 aromatic rings. The summed E-state index contributed by atoms with van der Waals surface area (Å²) in [7, 11) is 0. The topological polar surface area (TPSA) is 145 Å². The summed E-state index contributed by atoms with van der Waals surface area (Å²) in [6, 6.07) is 30.1. The molecule has 6 rings (SSSR count). The summed E-state index contributed by atoms with van der Waals surface area (Å²) in [4.78, 5) is 21.0. The zero-order chi connectivity index (χ0) is 29.4. The van der Waals surface area contributed by atoms with Crippen molar-refractivity contribution in [2.24, 2.45) is 0 Å². The van der Waals surface area contributed by atoms with Gasteiger partial charge in [-0.25, -0.2) is 0 Å². The minimum Gasteiger partial charge on any atom is -0.502 e. The summed E-state index contributed by atoms with van der Waals surface area (Å²) in [6.07, 6.45) is 0. The van der Waals surface area contributed by atoms with E-state index in [1.807, 2.05) is 60.7 Å². The third kappa shape index (κ3) is 4.73. The van der Waals surface area contributed by atoms with E-state index in [9.17, 15) is 30.4 Å². The van der Waals surface area contributed by atoms with Gasteiger partial charge in [0.2, 0.25) is 0 Å². The van der Waals surface area contributed by atoms with Gasteiger partial charge in [0.25, 0.3) is 0 Å². The predicted molar refractivity (Wildman–Crippen MR) is 157 cm³/mol. The summed E-state index contributed by atoms with van der Waals surface area (Å²) in [5.74, 6) is 0.0543. The van der Waals surface area contributed by atoms with Gasteiger partial charge in [0.05, 0.1) is 9.85 Å². The van der Waals surface area contributed by atoms with Crippen LogP contribution in [-0.2, 0) is 0 Å². The van der Waals surface area contributed by atoms with E-state index in [4.69, 9.17) is 9.47 Å². The first-order valence-corrected chi connectivity index (χ1v) is 12.6. The third-order valence-electron chi connectivity index (χ3n) is 6.77. The molecule has 0 saturated heterocycles. The van der Waals surface area contributed by atoms with Gasteiger partial charge in [-0.1, -0.05) is 60.7 Å². The van der Waals surface area contributed by atoms with Crippen molar-refractivity contribution in [1.82, 2.24) is 0 Å². The molecule has 0 spiro atoms. The van der Waals surface area contributed by atoms with Gasteiger partial charge in [-0.3, -0.25) is 20.2 Å². The van der Waals surface area contributed by atoms with Crippen LogP contribution in [0.5, 0.6) is 34.5 Å². The van der Waals surface area contributed by atoms with Gasteiger partial charge >= 0.3 is 11.4 Å². The Kier molecular flexibility index (Phi) is 6.48. The van der Waals surface area contributed by atoms with Gasteiger partial charge in [0.15, 0.2) is 11.5 Å². The standard InChI is InChI=1S/C32H20N2O8/c35-27-17-21(11-13-25(27)33(37)38)41-29-15-9-19-5-1-3-7-23(19)31(29)32-24-8-4-2-6-20(24)10-16-30(32)42-22-12-14-26(34(39)40)28(36)18-22/h1-18,35-36H. The zero-order valence-corrected chi connectivity index (χ0v) is 21.6. The maximum absolute atomic E-state index is 11.2. The molecule has 6 aromatic carbocycles. The van der Waals surface area contributed by atoms with Gasteiger partial charge < -0.3 is 19.7 Å². The molecule has 0 bridgehead atoms. The van der Waals surface area contributed by atoms with E-state index in [0.717, 1.165) is 21.5 Å². The van der Waals surface area contributed by atoms with E-state index in [1.54, 1.807) is 12.1 Å². The zero-order valence-electron chi connectivity index (χ0n) is 21.6. The first-order valence-electron chi connectivity index (χ1n) is 12.6. The highest BCUT2D eigenvalue weighted by atomic mass is 16.6. The van der Waals surface area contributed by atoms with Gasteiger partial charge in [0, 0.05) is 35.4 Å². The number of fused-ring (bicyclic) bond motifs is 2. The van der Waals surface area contributed by atoms with Crippen molar-refractivity contribution in [2.75, 3.05) is 0 Å². The van der Waals surface area contributed by atoms with Crippen LogP contribution in [0.25, 0.3) is 32.7 Å². The Morgan fingerprint density at radius 3 is 1.31 bits per heavy atom. The molecule has 10 nitrogen and oxygen atoms in total. The lowest BCUT2D eigenvalue weighted by Gasteiger charge is -2.19. The molecule has 10 heteroatoms. The monoisotopic (exact) mass is 560 g/mol. The Hall–Kier alpha value is -6.16. The first-order chi connectivity index (χ1) is 20.3. The second-order valence-electron chi connectivity index (χ2n) is 9.34. The van der Waals surface area contributed by atoms with Crippen LogP contribution in [0.3, 0.4) is 0 Å². The summed E-state index contributed by atoms with van der Waals surface area (Å²) in [5.41, 5.74) is 0.391. The number of hydrogen-bond donors (Lipinski definition) is 2. The van der Waals surface area contributed by atoms with Crippen LogP contribution in [0.2, 0.25) is 0 Å². The third-order valence-corrected chi connectivity index (χ3v) is 6.77. The Balaban J connectivity index is 1.58. The number of rotatable bonds is 7. The van der Waals surface area contributed by atoms with Crippen molar-refractivity contribution < 1.29 is 29.5 Å². The van der Waals surface area contributed by atoms with E-state index in [0.29, 0.717) is 22.6 Å². The minimum absolute atomic E-state index is 0.178. The van der Waals surface area contributed by atoms with Crippen molar-refractivity contribution in [3.8, 4) is 45.6 Å². The van der Waals surface area contributed by atoms with Crippen molar-refractivity contribution in [3.05, 3.63) is 129 Å². The lowest BCUT2D eigenvalue weighted by atomic mass is 9.92. The summed E-state index contributed by atoms with van der Waals surface area (Å²) in [5, 5.41) is 46.3. The molecule has 0 aromatic heterocycles. The number of nitro benzene ring substituents is 2. The highest BCUT2D eigenvalue weighted by molar-refractivity contribution is 6.10. The molecule has 0 fully saturated rings. The molecular formula is C32H20N2O8. The average molecular weight is 561 g/mol. The van der Waals surface area contributed by atoms with Crippen LogP contribution in [0.1, 0.15) is 0 Å². The lowest BCUT2D eigenvalue weighted by Crippen LogP contribution is -1.96. The van der Waals surface area contributed by atoms with E-state index in [1.165, 1.54) is 36.4 Å². The Labute approximate surface area is 237 Å². The molecule has 2 N–H and O–H groups in total. The van der Waals surface area contributed by atoms with Crippen LogP contribution in [-0.4, -0.2) is 20.1 Å². The highest BCUT2D eigenvalue weighted by Gasteiger charge is 2.22. The van der Waals surface area contributed by atoms with Crippen LogP contribution < -0.4 is 9.47 Å². The minimum atomic E-state index is -0.684. The normalized spacial score (nSPS) is 11.0. The van der Waals surface area contributed by atoms with Crippen molar-refractivity contribution in [1.29, 1.82) is 0 Å². The molecular weight excluding hydrogens is 540 g/mol.